The van der Waals surface area contributed by atoms with E-state index in [-0.39, 0.29) is 5.91 Å². The van der Waals surface area contributed by atoms with E-state index in [1.54, 1.807) is 23.1 Å². The highest BCUT2D eigenvalue weighted by atomic mass is 79.9. The van der Waals surface area contributed by atoms with Crippen molar-refractivity contribution < 1.29 is 4.79 Å². The van der Waals surface area contributed by atoms with Gasteiger partial charge in [0.15, 0.2) is 0 Å². The van der Waals surface area contributed by atoms with Crippen LogP contribution in [-0.4, -0.2) is 18.2 Å². The number of hydrogen-bond acceptors (Lipinski definition) is 3. The normalized spacial score (nSPS) is 9.79. The van der Waals surface area contributed by atoms with Gasteiger partial charge in [0, 0.05) is 11.0 Å². The van der Waals surface area contributed by atoms with Gasteiger partial charge >= 0.3 is 0 Å². The molecule has 1 amide bonds. The Labute approximate surface area is 99.9 Å². The molecule has 0 aliphatic heterocycles. The highest BCUT2D eigenvalue weighted by Gasteiger charge is 2.02. The Bertz CT molecular complexity index is 311. The van der Waals surface area contributed by atoms with Gasteiger partial charge in [0.25, 0.3) is 0 Å². The van der Waals surface area contributed by atoms with Gasteiger partial charge in [-0.15, -0.1) is 23.1 Å². The van der Waals surface area contributed by atoms with Crippen LogP contribution in [0.2, 0.25) is 0 Å². The van der Waals surface area contributed by atoms with Crippen molar-refractivity contribution in [3.05, 3.63) is 28.6 Å². The van der Waals surface area contributed by atoms with Crippen molar-refractivity contribution in [1.29, 1.82) is 0 Å². The first-order chi connectivity index (χ1) is 6.68. The maximum atomic E-state index is 11.3. The molecule has 0 unspecified atom stereocenters. The van der Waals surface area contributed by atoms with E-state index in [9.17, 15) is 4.79 Å². The van der Waals surface area contributed by atoms with Crippen molar-refractivity contribution in [2.45, 2.75) is 4.21 Å². The second-order valence-corrected chi connectivity index (χ2v) is 5.86. The number of halogens is 1. The molecule has 0 aliphatic rings. The maximum Gasteiger partial charge on any atom is 0.230 e. The van der Waals surface area contributed by atoms with E-state index < -0.39 is 0 Å². The molecule has 0 aromatic carbocycles. The molecule has 1 N–H and O–H groups in total. The number of thioether (sulfide) groups is 1. The van der Waals surface area contributed by atoms with Gasteiger partial charge in [0.05, 0.1) is 9.96 Å². The molecule has 14 heavy (non-hydrogen) atoms. The lowest BCUT2D eigenvalue weighted by molar-refractivity contribution is -0.118. The summed E-state index contributed by atoms with van der Waals surface area (Å²) in [4.78, 5) is 11.3. The highest BCUT2D eigenvalue weighted by molar-refractivity contribution is 9.11. The summed E-state index contributed by atoms with van der Waals surface area (Å²) in [5.74, 6) is 0.491. The van der Waals surface area contributed by atoms with Crippen molar-refractivity contribution in [1.82, 2.24) is 5.32 Å². The molecule has 0 aliphatic carbocycles. The fourth-order valence-corrected chi connectivity index (χ4v) is 2.48. The topological polar surface area (TPSA) is 29.1 Å². The van der Waals surface area contributed by atoms with Crippen molar-refractivity contribution in [2.24, 2.45) is 0 Å². The summed E-state index contributed by atoms with van der Waals surface area (Å²) in [6.07, 6.45) is 0. The number of amides is 1. The molecule has 0 saturated heterocycles. The standard InChI is InChI=1S/C9H10BrNOS2/c1-7(10)5-11-8(12)6-14-9-3-2-4-13-9/h2-4H,1,5-6H2,(H,11,12). The molecule has 1 rings (SSSR count). The lowest BCUT2D eigenvalue weighted by Gasteiger charge is -2.02. The van der Waals surface area contributed by atoms with Crippen LogP contribution in [-0.2, 0) is 4.79 Å². The average Bonchev–Trinajstić information content (AvgIpc) is 2.63. The van der Waals surface area contributed by atoms with E-state index in [1.165, 1.54) is 0 Å². The van der Waals surface area contributed by atoms with Gasteiger partial charge < -0.3 is 5.32 Å². The summed E-state index contributed by atoms with van der Waals surface area (Å²) in [6, 6.07) is 3.98. The van der Waals surface area contributed by atoms with Gasteiger partial charge in [-0.05, 0) is 11.4 Å². The molecule has 0 atom stereocenters. The number of nitrogens with one attached hydrogen (secondary N) is 1. The summed E-state index contributed by atoms with van der Waals surface area (Å²) < 4.78 is 1.95. The molecule has 0 saturated carbocycles. The van der Waals surface area contributed by atoms with Crippen LogP contribution in [0.3, 0.4) is 0 Å². The number of carbonyl (C=O) groups excluding carboxylic acids is 1. The summed E-state index contributed by atoms with van der Waals surface area (Å²) in [6.45, 7) is 4.12. The third-order valence-electron chi connectivity index (χ3n) is 1.32. The summed E-state index contributed by atoms with van der Waals surface area (Å²) in [5.41, 5.74) is 0. The van der Waals surface area contributed by atoms with Gasteiger partial charge in [-0.2, -0.15) is 0 Å². The van der Waals surface area contributed by atoms with Crippen LogP contribution in [0.1, 0.15) is 0 Å². The molecule has 0 radical (unpaired) electrons. The van der Waals surface area contributed by atoms with Gasteiger partial charge in [-0.3, -0.25) is 4.79 Å². The Morgan fingerprint density at radius 2 is 2.50 bits per heavy atom. The minimum Gasteiger partial charge on any atom is -0.351 e. The molecule has 1 aromatic heterocycles. The lowest BCUT2D eigenvalue weighted by atomic mass is 10.6. The van der Waals surface area contributed by atoms with Crippen LogP contribution in [0, 0.1) is 0 Å². The highest BCUT2D eigenvalue weighted by Crippen LogP contribution is 2.22. The first kappa shape index (κ1) is 11.8. The van der Waals surface area contributed by atoms with Gasteiger partial charge in [-0.1, -0.05) is 28.6 Å². The zero-order valence-electron chi connectivity index (χ0n) is 7.46. The molecule has 0 bridgehead atoms. The van der Waals surface area contributed by atoms with Crippen LogP contribution in [0.15, 0.2) is 32.8 Å². The third kappa shape index (κ3) is 4.83. The minimum absolute atomic E-state index is 0.0315. The summed E-state index contributed by atoms with van der Waals surface area (Å²) >= 11 is 6.37. The van der Waals surface area contributed by atoms with Gasteiger partial charge in [-0.25, -0.2) is 0 Å². The fraction of sp³-hybridized carbons (Fsp3) is 0.222. The summed E-state index contributed by atoms with van der Waals surface area (Å²) in [7, 11) is 0. The quantitative estimate of drug-likeness (QED) is 0.846. The predicted molar refractivity (Wildman–Crippen MR) is 66.1 cm³/mol. The molecule has 2 nitrogen and oxygen atoms in total. The Kier molecular flexibility index (Phi) is 5.29. The number of thiophene rings is 1. The zero-order chi connectivity index (χ0) is 10.4. The first-order valence-corrected chi connectivity index (χ1v) is 6.60. The monoisotopic (exact) mass is 291 g/mol. The van der Waals surface area contributed by atoms with Crippen LogP contribution >= 0.6 is 39.0 Å². The number of hydrogen-bond donors (Lipinski definition) is 1. The largest absolute Gasteiger partial charge is 0.351 e. The van der Waals surface area contributed by atoms with E-state index >= 15 is 0 Å². The van der Waals surface area contributed by atoms with Crippen LogP contribution < -0.4 is 5.32 Å². The van der Waals surface area contributed by atoms with Crippen molar-refractivity contribution >= 4 is 44.9 Å². The van der Waals surface area contributed by atoms with Crippen LogP contribution in [0.25, 0.3) is 0 Å². The third-order valence-corrected chi connectivity index (χ3v) is 3.73. The Morgan fingerprint density at radius 1 is 1.71 bits per heavy atom. The Morgan fingerprint density at radius 3 is 3.07 bits per heavy atom. The molecule has 5 heteroatoms. The van der Waals surface area contributed by atoms with E-state index in [2.05, 4.69) is 27.8 Å². The Balaban J connectivity index is 2.18. The minimum atomic E-state index is 0.0315. The van der Waals surface area contributed by atoms with E-state index in [1.807, 2.05) is 17.5 Å². The molecule has 1 aromatic rings. The van der Waals surface area contributed by atoms with E-state index in [0.29, 0.717) is 12.3 Å². The first-order valence-electron chi connectivity index (χ1n) is 3.95. The molecule has 1 heterocycles. The SMILES string of the molecule is C=C(Br)CNC(=O)CSc1cccs1. The maximum absolute atomic E-state index is 11.3. The molecular weight excluding hydrogens is 282 g/mol. The predicted octanol–water partition coefficient (Wildman–Crippen LogP) is 2.87. The van der Waals surface area contributed by atoms with Crippen molar-refractivity contribution in [2.75, 3.05) is 12.3 Å². The second kappa shape index (κ2) is 6.27. The number of rotatable bonds is 5. The number of carbonyl (C=O) groups is 1. The zero-order valence-corrected chi connectivity index (χ0v) is 10.7. The van der Waals surface area contributed by atoms with Crippen LogP contribution in [0.4, 0.5) is 0 Å². The van der Waals surface area contributed by atoms with Crippen molar-refractivity contribution in [3.63, 3.8) is 0 Å². The molecule has 0 fully saturated rings. The van der Waals surface area contributed by atoms with Gasteiger partial charge in [0.1, 0.15) is 0 Å². The van der Waals surface area contributed by atoms with E-state index in [4.69, 9.17) is 0 Å². The van der Waals surface area contributed by atoms with E-state index in [0.717, 1.165) is 8.69 Å². The second-order valence-electron chi connectivity index (χ2n) is 2.51. The molecule has 0 spiro atoms. The van der Waals surface area contributed by atoms with Gasteiger partial charge in [0.2, 0.25) is 5.91 Å². The lowest BCUT2D eigenvalue weighted by Crippen LogP contribution is -2.25. The fourth-order valence-electron chi connectivity index (χ4n) is 0.728. The summed E-state index contributed by atoms with van der Waals surface area (Å²) in [5, 5.41) is 4.74. The van der Waals surface area contributed by atoms with Crippen molar-refractivity contribution in [3.8, 4) is 0 Å². The molecule has 76 valence electrons. The van der Waals surface area contributed by atoms with Crippen LogP contribution in [0.5, 0.6) is 0 Å². The molecular formula is C9H10BrNOS2. The Hall–Kier alpha value is -0.260. The average molecular weight is 292 g/mol. The smallest absolute Gasteiger partial charge is 0.230 e.